The molecule has 28 heavy (non-hydrogen) atoms. The van der Waals surface area contributed by atoms with Crippen molar-refractivity contribution in [1.29, 1.82) is 0 Å². The van der Waals surface area contributed by atoms with Crippen molar-refractivity contribution in [3.8, 4) is 11.3 Å². The molecule has 4 rings (SSSR count). The molecule has 0 atom stereocenters. The third-order valence-corrected chi connectivity index (χ3v) is 4.77. The van der Waals surface area contributed by atoms with E-state index in [0.29, 0.717) is 11.7 Å². The quantitative estimate of drug-likeness (QED) is 0.414. The zero-order chi connectivity index (χ0) is 19.5. The van der Waals surface area contributed by atoms with E-state index in [4.69, 9.17) is 9.97 Å². The summed E-state index contributed by atoms with van der Waals surface area (Å²) in [4.78, 5) is 9.71. The third kappa shape index (κ3) is 3.81. The van der Waals surface area contributed by atoms with Crippen LogP contribution in [0.2, 0.25) is 0 Å². The van der Waals surface area contributed by atoms with Crippen molar-refractivity contribution >= 4 is 22.5 Å². The Kier molecular flexibility index (Phi) is 4.94. The zero-order valence-corrected chi connectivity index (χ0v) is 16.4. The summed E-state index contributed by atoms with van der Waals surface area (Å²) in [5.41, 5.74) is 13.6. The fourth-order valence-corrected chi connectivity index (χ4v) is 3.13. The van der Waals surface area contributed by atoms with E-state index in [2.05, 4.69) is 68.0 Å². The van der Waals surface area contributed by atoms with Gasteiger partial charge in [0.05, 0.1) is 16.7 Å². The van der Waals surface area contributed by atoms with Gasteiger partial charge in [-0.1, -0.05) is 62.4 Å². The van der Waals surface area contributed by atoms with Gasteiger partial charge in [0.2, 0.25) is 0 Å². The maximum atomic E-state index is 4.87. The second-order valence-corrected chi connectivity index (χ2v) is 7.31. The Morgan fingerprint density at radius 3 is 2.21 bits per heavy atom. The van der Waals surface area contributed by atoms with Crippen molar-refractivity contribution in [2.24, 2.45) is 0 Å². The highest BCUT2D eigenvalue weighted by Gasteiger charge is 2.11. The first-order valence-electron chi connectivity index (χ1n) is 9.56. The van der Waals surface area contributed by atoms with Gasteiger partial charge in [0.1, 0.15) is 5.69 Å². The molecule has 140 valence electrons. The van der Waals surface area contributed by atoms with Crippen LogP contribution in [0.4, 0.5) is 11.5 Å². The van der Waals surface area contributed by atoms with Gasteiger partial charge in [0, 0.05) is 5.56 Å². The molecule has 2 N–H and O–H groups in total. The summed E-state index contributed by atoms with van der Waals surface area (Å²) in [6, 6.07) is 24.7. The minimum Gasteiger partial charge on any atom is -0.300 e. The molecule has 1 heterocycles. The van der Waals surface area contributed by atoms with Crippen molar-refractivity contribution in [3.05, 3.63) is 83.9 Å². The van der Waals surface area contributed by atoms with Crippen molar-refractivity contribution in [1.82, 2.24) is 9.97 Å². The van der Waals surface area contributed by atoms with Gasteiger partial charge < -0.3 is 0 Å². The van der Waals surface area contributed by atoms with Crippen LogP contribution in [0, 0.1) is 6.92 Å². The normalized spacial score (nSPS) is 11.0. The number of hydrazine groups is 1. The van der Waals surface area contributed by atoms with Gasteiger partial charge in [-0.05, 0) is 48.2 Å². The molecule has 0 aliphatic rings. The van der Waals surface area contributed by atoms with Crippen LogP contribution in [0.5, 0.6) is 0 Å². The highest BCUT2D eigenvalue weighted by atomic mass is 15.4. The van der Waals surface area contributed by atoms with Crippen LogP contribution in [0.15, 0.2) is 72.8 Å². The molecule has 4 nitrogen and oxygen atoms in total. The molecule has 0 saturated heterocycles. The molecular weight excluding hydrogens is 344 g/mol. The highest BCUT2D eigenvalue weighted by Crippen LogP contribution is 2.27. The molecule has 3 aromatic carbocycles. The number of nitrogens with one attached hydrogen (secondary N) is 2. The van der Waals surface area contributed by atoms with Crippen LogP contribution in [0.3, 0.4) is 0 Å². The Morgan fingerprint density at radius 2 is 1.50 bits per heavy atom. The first-order valence-corrected chi connectivity index (χ1v) is 9.56. The zero-order valence-electron chi connectivity index (χ0n) is 16.4. The molecule has 1 aromatic heterocycles. The van der Waals surface area contributed by atoms with Crippen molar-refractivity contribution in [3.63, 3.8) is 0 Å². The Labute approximate surface area is 165 Å². The summed E-state index contributed by atoms with van der Waals surface area (Å²) < 4.78 is 0. The van der Waals surface area contributed by atoms with Crippen LogP contribution in [-0.2, 0) is 0 Å². The number of rotatable bonds is 5. The van der Waals surface area contributed by atoms with E-state index < -0.39 is 0 Å². The Morgan fingerprint density at radius 1 is 0.750 bits per heavy atom. The van der Waals surface area contributed by atoms with E-state index in [9.17, 15) is 0 Å². The predicted molar refractivity (Wildman–Crippen MR) is 117 cm³/mol. The number of anilines is 2. The number of fused-ring (bicyclic) bond motifs is 1. The fourth-order valence-electron chi connectivity index (χ4n) is 3.13. The number of hydrogen-bond acceptors (Lipinski definition) is 4. The summed E-state index contributed by atoms with van der Waals surface area (Å²) in [6.07, 6.45) is 0. The smallest absolute Gasteiger partial charge is 0.171 e. The van der Waals surface area contributed by atoms with E-state index in [1.807, 2.05) is 36.4 Å². The molecule has 0 aliphatic heterocycles. The molecule has 0 aliphatic carbocycles. The summed E-state index contributed by atoms with van der Waals surface area (Å²) in [7, 11) is 0. The fraction of sp³-hybridized carbons (Fsp3) is 0.167. The lowest BCUT2D eigenvalue weighted by atomic mass is 10.0. The third-order valence-electron chi connectivity index (χ3n) is 4.77. The Bertz CT molecular complexity index is 1090. The number of aryl methyl sites for hydroxylation is 1. The van der Waals surface area contributed by atoms with E-state index in [1.165, 1.54) is 5.56 Å². The molecule has 0 amide bonds. The lowest BCUT2D eigenvalue weighted by molar-refractivity contribution is 0.867. The highest BCUT2D eigenvalue weighted by molar-refractivity contribution is 5.84. The van der Waals surface area contributed by atoms with Gasteiger partial charge in [-0.2, -0.15) is 0 Å². The minimum absolute atomic E-state index is 0.515. The Hall–Kier alpha value is -3.40. The molecule has 0 bridgehead atoms. The van der Waals surface area contributed by atoms with Gasteiger partial charge >= 0.3 is 0 Å². The lowest BCUT2D eigenvalue weighted by Gasteiger charge is -2.14. The first-order chi connectivity index (χ1) is 13.6. The number of nitrogens with zero attached hydrogens (tertiary/aromatic N) is 2. The number of benzene rings is 3. The maximum absolute atomic E-state index is 4.87. The second kappa shape index (κ2) is 7.69. The summed E-state index contributed by atoms with van der Waals surface area (Å²) in [5.74, 6) is 1.22. The largest absolute Gasteiger partial charge is 0.300 e. The van der Waals surface area contributed by atoms with Crippen molar-refractivity contribution < 1.29 is 0 Å². The van der Waals surface area contributed by atoms with Crippen LogP contribution in [0.25, 0.3) is 22.3 Å². The standard InChI is InChI=1S/C24H24N4/c1-16(2)18-10-12-20(13-11-18)27-28-24-23(19-7-5-4-6-8-19)25-21-14-9-17(3)15-22(21)26-24/h4-16,27H,1-3H3,(H,26,28). The van der Waals surface area contributed by atoms with E-state index >= 15 is 0 Å². The maximum Gasteiger partial charge on any atom is 0.171 e. The molecule has 0 spiro atoms. The monoisotopic (exact) mass is 368 g/mol. The average Bonchev–Trinajstić information content (AvgIpc) is 2.72. The van der Waals surface area contributed by atoms with E-state index in [-0.39, 0.29) is 0 Å². The van der Waals surface area contributed by atoms with Gasteiger partial charge in [-0.25, -0.2) is 9.97 Å². The second-order valence-electron chi connectivity index (χ2n) is 7.31. The van der Waals surface area contributed by atoms with Crippen molar-refractivity contribution in [2.75, 3.05) is 10.9 Å². The number of aromatic nitrogens is 2. The summed E-state index contributed by atoms with van der Waals surface area (Å²) >= 11 is 0. The molecule has 0 saturated carbocycles. The van der Waals surface area contributed by atoms with E-state index in [1.54, 1.807) is 0 Å². The van der Waals surface area contributed by atoms with Gasteiger partial charge in [-0.15, -0.1) is 0 Å². The van der Waals surface area contributed by atoms with E-state index in [0.717, 1.165) is 33.5 Å². The SMILES string of the molecule is Cc1ccc2nc(-c3ccccc3)c(NNc3ccc(C(C)C)cc3)nc2c1. The van der Waals surface area contributed by atoms with Gasteiger partial charge in [0.25, 0.3) is 0 Å². The van der Waals surface area contributed by atoms with Crippen LogP contribution >= 0.6 is 0 Å². The molecule has 0 fully saturated rings. The minimum atomic E-state index is 0.515. The lowest BCUT2D eigenvalue weighted by Crippen LogP contribution is -2.12. The van der Waals surface area contributed by atoms with Crippen LogP contribution < -0.4 is 10.9 Å². The number of hydrogen-bond donors (Lipinski definition) is 2. The Balaban J connectivity index is 1.69. The summed E-state index contributed by atoms with van der Waals surface area (Å²) in [5, 5.41) is 0. The van der Waals surface area contributed by atoms with Gasteiger partial charge in [-0.3, -0.25) is 10.9 Å². The molecule has 4 aromatic rings. The van der Waals surface area contributed by atoms with Crippen LogP contribution in [-0.4, -0.2) is 9.97 Å². The van der Waals surface area contributed by atoms with Crippen LogP contribution in [0.1, 0.15) is 30.9 Å². The first kappa shape index (κ1) is 18.0. The van der Waals surface area contributed by atoms with Crippen molar-refractivity contribution in [2.45, 2.75) is 26.7 Å². The van der Waals surface area contributed by atoms with Gasteiger partial charge in [0.15, 0.2) is 5.82 Å². The predicted octanol–water partition coefficient (Wildman–Crippen LogP) is 6.17. The molecular formula is C24H24N4. The average molecular weight is 368 g/mol. The molecule has 0 radical (unpaired) electrons. The summed E-state index contributed by atoms with van der Waals surface area (Å²) in [6.45, 7) is 6.45. The molecule has 4 heteroatoms. The molecule has 0 unspecified atom stereocenters. The topological polar surface area (TPSA) is 49.8 Å².